The van der Waals surface area contributed by atoms with Crippen molar-refractivity contribution in [2.45, 2.75) is 25.3 Å². The number of amides is 1. The zero-order valence-corrected chi connectivity index (χ0v) is 16.1. The van der Waals surface area contributed by atoms with Crippen molar-refractivity contribution >= 4 is 17.3 Å². The number of para-hydroxylation sites is 1. The number of carbonyl (C=O) groups excluding carboxylic acids is 1. The predicted octanol–water partition coefficient (Wildman–Crippen LogP) is 2.21. The van der Waals surface area contributed by atoms with Gasteiger partial charge in [-0.15, -0.1) is 0 Å². The first kappa shape index (κ1) is 19.4. The molecule has 7 nitrogen and oxygen atoms in total. The predicted molar refractivity (Wildman–Crippen MR) is 110 cm³/mol. The molecular weight excluding hydrogens is 356 g/mol. The van der Waals surface area contributed by atoms with E-state index in [1.165, 1.54) is 0 Å². The van der Waals surface area contributed by atoms with Gasteiger partial charge in [0.15, 0.2) is 11.5 Å². The number of anilines is 1. The Hall–Kier alpha value is -3.35. The summed E-state index contributed by atoms with van der Waals surface area (Å²) >= 11 is 0. The van der Waals surface area contributed by atoms with Crippen molar-refractivity contribution < 1.29 is 14.3 Å². The van der Waals surface area contributed by atoms with E-state index in [9.17, 15) is 4.79 Å². The minimum absolute atomic E-state index is 0.0249. The van der Waals surface area contributed by atoms with Crippen molar-refractivity contribution in [3.8, 4) is 22.6 Å². The van der Waals surface area contributed by atoms with E-state index in [4.69, 9.17) is 26.7 Å². The zero-order chi connectivity index (χ0) is 20.3. The molecule has 28 heavy (non-hydrogen) atoms. The Morgan fingerprint density at radius 3 is 2.39 bits per heavy atom. The fourth-order valence-electron chi connectivity index (χ4n) is 3.14. The molecule has 0 atom stereocenters. The molecule has 7 heteroatoms. The summed E-state index contributed by atoms with van der Waals surface area (Å²) in [7, 11) is 3.15. The molecule has 1 amide bonds. The lowest BCUT2D eigenvalue weighted by molar-refractivity contribution is -0.118. The lowest BCUT2D eigenvalue weighted by Gasteiger charge is -2.26. The van der Waals surface area contributed by atoms with Crippen molar-refractivity contribution in [1.82, 2.24) is 5.32 Å². The van der Waals surface area contributed by atoms with Crippen LogP contribution in [0, 0.1) is 0 Å². The second-order valence-electron chi connectivity index (χ2n) is 6.77. The molecule has 1 saturated carbocycles. The minimum atomic E-state index is -0.363. The summed E-state index contributed by atoms with van der Waals surface area (Å²) in [5.41, 5.74) is 21.3. The van der Waals surface area contributed by atoms with Crippen LogP contribution in [0.1, 0.15) is 24.8 Å². The highest BCUT2D eigenvalue weighted by atomic mass is 16.5. The van der Waals surface area contributed by atoms with E-state index in [1.807, 2.05) is 24.3 Å². The quantitative estimate of drug-likeness (QED) is 0.448. The number of ether oxygens (including phenoxy) is 2. The Morgan fingerprint density at radius 2 is 1.79 bits per heavy atom. The van der Waals surface area contributed by atoms with E-state index < -0.39 is 0 Å². The smallest absolute Gasteiger partial charge is 0.269 e. The van der Waals surface area contributed by atoms with Crippen LogP contribution in [0.5, 0.6) is 11.5 Å². The van der Waals surface area contributed by atoms with Crippen LogP contribution in [-0.2, 0) is 4.79 Å². The van der Waals surface area contributed by atoms with Gasteiger partial charge in [0.2, 0.25) is 0 Å². The molecule has 0 saturated heterocycles. The van der Waals surface area contributed by atoms with Crippen molar-refractivity contribution in [2.75, 3.05) is 20.0 Å². The molecule has 2 aromatic carbocycles. The van der Waals surface area contributed by atoms with Gasteiger partial charge in [-0.1, -0.05) is 24.3 Å². The summed E-state index contributed by atoms with van der Waals surface area (Å²) in [5, 5.41) is 2.89. The summed E-state index contributed by atoms with van der Waals surface area (Å²) in [4.78, 5) is 12.3. The maximum absolute atomic E-state index is 12.3. The number of nitrogen functional groups attached to an aromatic ring is 1. The molecular formula is C21H26N4O3. The molecule has 0 aromatic heterocycles. The monoisotopic (exact) mass is 382 g/mol. The third kappa shape index (κ3) is 3.69. The van der Waals surface area contributed by atoms with Gasteiger partial charge in [0.1, 0.15) is 5.70 Å². The Labute approximate surface area is 164 Å². The topological polar surface area (TPSA) is 126 Å². The number of nitrogens with one attached hydrogen (secondary N) is 1. The lowest BCUT2D eigenvalue weighted by atomic mass is 9.93. The number of hydrogen-bond acceptors (Lipinski definition) is 6. The van der Waals surface area contributed by atoms with Crippen LogP contribution in [0.2, 0.25) is 0 Å². The molecule has 0 spiro atoms. The Balaban J connectivity index is 1.96. The zero-order valence-electron chi connectivity index (χ0n) is 16.1. The van der Waals surface area contributed by atoms with Crippen molar-refractivity contribution in [3.63, 3.8) is 0 Å². The molecule has 1 fully saturated rings. The molecule has 0 heterocycles. The van der Waals surface area contributed by atoms with Crippen molar-refractivity contribution in [3.05, 3.63) is 47.7 Å². The van der Waals surface area contributed by atoms with Gasteiger partial charge >= 0.3 is 0 Å². The second-order valence-corrected chi connectivity index (χ2v) is 6.77. The number of nitrogens with two attached hydrogens (primary N) is 3. The highest BCUT2D eigenvalue weighted by Crippen LogP contribution is 2.36. The number of rotatable bonds is 6. The minimum Gasteiger partial charge on any atom is -0.493 e. The first-order chi connectivity index (χ1) is 13.5. The molecule has 7 N–H and O–H groups in total. The second kappa shape index (κ2) is 8.12. The first-order valence-corrected chi connectivity index (χ1v) is 9.13. The standard InChI is InChI=1S/C21H26N4O3/c1-27-16-10-9-12(11-17(16)28-2)14-7-4-8-15(18(14)22)19(23)20(24)21(26)25-13-5-3-6-13/h4,7-11,13H,3,5-6,22-24H2,1-2H3,(H,25,26)/b20-19+. The van der Waals surface area contributed by atoms with Crippen LogP contribution in [0.15, 0.2) is 42.1 Å². The average molecular weight is 382 g/mol. The summed E-state index contributed by atoms with van der Waals surface area (Å²) in [6.07, 6.45) is 3.05. The summed E-state index contributed by atoms with van der Waals surface area (Å²) in [6, 6.07) is 11.1. The van der Waals surface area contributed by atoms with Gasteiger partial charge in [0.05, 0.1) is 19.9 Å². The Morgan fingerprint density at radius 1 is 1.07 bits per heavy atom. The van der Waals surface area contributed by atoms with Crippen LogP contribution in [-0.4, -0.2) is 26.2 Å². The van der Waals surface area contributed by atoms with Crippen LogP contribution in [0.4, 0.5) is 5.69 Å². The van der Waals surface area contributed by atoms with Gasteiger partial charge in [0, 0.05) is 22.9 Å². The molecule has 1 aliphatic carbocycles. The third-order valence-corrected chi connectivity index (χ3v) is 5.07. The number of methoxy groups -OCH3 is 2. The third-order valence-electron chi connectivity index (χ3n) is 5.07. The van der Waals surface area contributed by atoms with Gasteiger partial charge in [-0.05, 0) is 37.0 Å². The molecule has 3 rings (SSSR count). The maximum Gasteiger partial charge on any atom is 0.269 e. The molecule has 0 aliphatic heterocycles. The van der Waals surface area contributed by atoms with Crippen LogP contribution >= 0.6 is 0 Å². The van der Waals surface area contributed by atoms with Crippen LogP contribution in [0.25, 0.3) is 16.8 Å². The fraction of sp³-hybridized carbons (Fsp3) is 0.286. The lowest BCUT2D eigenvalue weighted by Crippen LogP contribution is -2.42. The van der Waals surface area contributed by atoms with Gasteiger partial charge in [0.25, 0.3) is 5.91 Å². The molecule has 2 aromatic rings. The van der Waals surface area contributed by atoms with Gasteiger partial charge in [-0.25, -0.2) is 0 Å². The van der Waals surface area contributed by atoms with E-state index in [0.29, 0.717) is 22.7 Å². The number of hydrogen-bond donors (Lipinski definition) is 4. The summed E-state index contributed by atoms with van der Waals surface area (Å²) < 4.78 is 10.6. The Kier molecular flexibility index (Phi) is 5.63. The average Bonchev–Trinajstić information content (AvgIpc) is 2.69. The van der Waals surface area contributed by atoms with Crippen LogP contribution < -0.4 is 32.0 Å². The molecule has 148 valence electrons. The van der Waals surface area contributed by atoms with E-state index in [2.05, 4.69) is 5.32 Å². The normalized spacial score (nSPS) is 14.6. The van der Waals surface area contributed by atoms with E-state index in [1.54, 1.807) is 26.4 Å². The fourth-order valence-corrected chi connectivity index (χ4v) is 3.14. The van der Waals surface area contributed by atoms with Crippen molar-refractivity contribution in [1.29, 1.82) is 0 Å². The van der Waals surface area contributed by atoms with Crippen LogP contribution in [0.3, 0.4) is 0 Å². The van der Waals surface area contributed by atoms with Gasteiger partial charge < -0.3 is 32.0 Å². The number of benzene rings is 2. The maximum atomic E-state index is 12.3. The van der Waals surface area contributed by atoms with Gasteiger partial charge in [-0.2, -0.15) is 0 Å². The summed E-state index contributed by atoms with van der Waals surface area (Å²) in [6.45, 7) is 0. The SMILES string of the molecule is COc1ccc(-c2cccc(/C(N)=C(\N)C(=O)NC3CCC3)c2N)cc1OC. The number of carbonyl (C=O) groups is 1. The summed E-state index contributed by atoms with van der Waals surface area (Å²) in [5.74, 6) is 0.850. The molecule has 0 bridgehead atoms. The first-order valence-electron chi connectivity index (χ1n) is 9.13. The molecule has 1 aliphatic rings. The molecule has 0 unspecified atom stereocenters. The van der Waals surface area contributed by atoms with E-state index in [0.717, 1.165) is 30.4 Å². The van der Waals surface area contributed by atoms with Crippen molar-refractivity contribution in [2.24, 2.45) is 11.5 Å². The largest absolute Gasteiger partial charge is 0.493 e. The van der Waals surface area contributed by atoms with E-state index >= 15 is 0 Å². The highest BCUT2D eigenvalue weighted by Gasteiger charge is 2.22. The van der Waals surface area contributed by atoms with E-state index in [-0.39, 0.29) is 23.3 Å². The molecule has 0 radical (unpaired) electrons. The highest BCUT2D eigenvalue weighted by molar-refractivity contribution is 6.01. The Bertz CT molecular complexity index is 920. The van der Waals surface area contributed by atoms with Gasteiger partial charge in [-0.3, -0.25) is 4.79 Å².